The van der Waals surface area contributed by atoms with Gasteiger partial charge in [0.1, 0.15) is 5.69 Å². The third-order valence-corrected chi connectivity index (χ3v) is 3.57. The van der Waals surface area contributed by atoms with E-state index in [0.29, 0.717) is 20.2 Å². The van der Waals surface area contributed by atoms with Gasteiger partial charge in [0, 0.05) is 14.5 Å². The number of aromatic nitrogens is 1. The van der Waals surface area contributed by atoms with Gasteiger partial charge in [-0.25, -0.2) is 8.78 Å². The van der Waals surface area contributed by atoms with Crippen molar-refractivity contribution in [2.24, 2.45) is 0 Å². The Bertz CT molecular complexity index is 429. The van der Waals surface area contributed by atoms with Gasteiger partial charge in [-0.3, -0.25) is 9.78 Å². The van der Waals surface area contributed by atoms with Crippen LogP contribution >= 0.6 is 38.5 Å². The highest BCUT2D eigenvalue weighted by molar-refractivity contribution is 14.1. The first-order valence-electron chi connectivity index (χ1n) is 4.58. The lowest BCUT2D eigenvalue weighted by Crippen LogP contribution is -2.10. The lowest BCUT2D eigenvalue weighted by atomic mass is 10.1. The molecule has 0 unspecified atom stereocenters. The van der Waals surface area contributed by atoms with Gasteiger partial charge in [0.2, 0.25) is 0 Å². The van der Waals surface area contributed by atoms with Crippen LogP contribution in [0.4, 0.5) is 8.78 Å². The minimum Gasteiger partial charge on any atom is -0.469 e. The lowest BCUT2D eigenvalue weighted by molar-refractivity contribution is -0.139. The Balaban J connectivity index is 3.15. The van der Waals surface area contributed by atoms with Crippen molar-refractivity contribution in [2.45, 2.75) is 18.2 Å². The molecule has 0 saturated carbocycles. The Hall–Kier alpha value is -0.310. The van der Waals surface area contributed by atoms with Crippen LogP contribution in [0.2, 0.25) is 0 Å². The molecule has 0 bridgehead atoms. The van der Waals surface area contributed by atoms with Gasteiger partial charge in [-0.1, -0.05) is 15.9 Å². The number of pyridine rings is 1. The molecule has 1 aromatic heterocycles. The van der Waals surface area contributed by atoms with Crippen LogP contribution in [-0.4, -0.2) is 18.1 Å². The number of nitrogens with zero attached hydrogens (tertiary/aromatic N) is 1. The van der Waals surface area contributed by atoms with Crippen LogP contribution in [0.1, 0.15) is 23.4 Å². The first-order chi connectivity index (χ1) is 7.99. The summed E-state index contributed by atoms with van der Waals surface area (Å²) in [6.45, 7) is 0. The number of carbonyl (C=O) groups is 1. The number of alkyl halides is 3. The molecule has 0 fully saturated rings. The summed E-state index contributed by atoms with van der Waals surface area (Å²) in [7, 11) is 1.24. The molecule has 7 heteroatoms. The summed E-state index contributed by atoms with van der Waals surface area (Å²) in [5, 5.41) is 0.302. The molecule has 94 valence electrons. The molecule has 0 amide bonds. The molecule has 0 aliphatic rings. The maximum Gasteiger partial charge on any atom is 0.311 e. The fourth-order valence-electron chi connectivity index (χ4n) is 1.23. The van der Waals surface area contributed by atoms with E-state index in [4.69, 9.17) is 0 Å². The molecule has 0 saturated heterocycles. The predicted octanol–water partition coefficient (Wildman–Crippen LogP) is 3.23. The summed E-state index contributed by atoms with van der Waals surface area (Å²) in [5.41, 5.74) is 0.461. The Morgan fingerprint density at radius 2 is 2.29 bits per heavy atom. The van der Waals surface area contributed by atoms with E-state index in [2.05, 4.69) is 25.7 Å². The molecular formula is C10H9BrF2INO2. The number of carbonyl (C=O) groups excluding carboxylic acids is 1. The maximum atomic E-state index is 12.8. The van der Waals surface area contributed by atoms with Gasteiger partial charge >= 0.3 is 5.97 Å². The first kappa shape index (κ1) is 14.7. The smallest absolute Gasteiger partial charge is 0.311 e. The normalized spacial score (nSPS) is 10.7. The fourth-order valence-corrected chi connectivity index (χ4v) is 3.17. The molecule has 0 N–H and O–H groups in total. The lowest BCUT2D eigenvalue weighted by Gasteiger charge is -2.10. The summed E-state index contributed by atoms with van der Waals surface area (Å²) < 4.78 is 30.7. The molecule has 1 aromatic rings. The number of hydrogen-bond acceptors (Lipinski definition) is 3. The average Bonchev–Trinajstić information content (AvgIpc) is 2.28. The van der Waals surface area contributed by atoms with Crippen LogP contribution in [0.15, 0.2) is 6.07 Å². The standard InChI is InChI=1S/C10H9BrF2INO2/c1-17-8(16)3-5-2-7(14)6(4-11)9(15-5)10(12)13/h2,10H,3-4H2,1H3. The Kier molecular flexibility index (Phi) is 5.71. The summed E-state index contributed by atoms with van der Waals surface area (Å²) in [5.74, 6) is -0.500. The first-order valence-corrected chi connectivity index (χ1v) is 6.78. The molecule has 0 radical (unpaired) electrons. The van der Waals surface area contributed by atoms with Crippen LogP contribution in [-0.2, 0) is 21.3 Å². The molecule has 3 nitrogen and oxygen atoms in total. The second-order valence-corrected chi connectivity index (χ2v) is 4.87. The number of ether oxygens (including phenoxy) is 1. The van der Waals surface area contributed by atoms with E-state index in [0.717, 1.165) is 0 Å². The zero-order chi connectivity index (χ0) is 13.0. The second kappa shape index (κ2) is 6.58. The molecule has 0 aliphatic heterocycles. The maximum absolute atomic E-state index is 12.8. The molecule has 1 heterocycles. The molecule has 0 atom stereocenters. The minimum absolute atomic E-state index is 0.102. The van der Waals surface area contributed by atoms with Crippen molar-refractivity contribution in [1.82, 2.24) is 4.98 Å². The number of halogens is 4. The van der Waals surface area contributed by atoms with Crippen molar-refractivity contribution in [3.8, 4) is 0 Å². The van der Waals surface area contributed by atoms with Crippen molar-refractivity contribution in [3.05, 3.63) is 26.6 Å². The minimum atomic E-state index is -2.66. The zero-order valence-corrected chi connectivity index (χ0v) is 12.6. The van der Waals surface area contributed by atoms with Crippen molar-refractivity contribution >= 4 is 44.5 Å². The number of methoxy groups -OCH3 is 1. The van der Waals surface area contributed by atoms with Crippen LogP contribution in [0.25, 0.3) is 0 Å². The molecule has 1 rings (SSSR count). The van der Waals surface area contributed by atoms with Gasteiger partial charge in [0.15, 0.2) is 0 Å². The van der Waals surface area contributed by atoms with Crippen LogP contribution in [0.5, 0.6) is 0 Å². The Morgan fingerprint density at radius 1 is 1.65 bits per heavy atom. The van der Waals surface area contributed by atoms with Crippen LogP contribution in [0.3, 0.4) is 0 Å². The number of hydrogen-bond donors (Lipinski definition) is 0. The largest absolute Gasteiger partial charge is 0.469 e. The third-order valence-electron chi connectivity index (χ3n) is 2.05. The summed E-state index contributed by atoms with van der Waals surface area (Å²) in [6.07, 6.45) is -2.76. The van der Waals surface area contributed by atoms with E-state index in [-0.39, 0.29) is 12.1 Å². The van der Waals surface area contributed by atoms with Gasteiger partial charge in [-0.2, -0.15) is 0 Å². The van der Waals surface area contributed by atoms with E-state index in [9.17, 15) is 13.6 Å². The topological polar surface area (TPSA) is 39.2 Å². The van der Waals surface area contributed by atoms with Gasteiger partial charge in [0.05, 0.1) is 19.2 Å². The Morgan fingerprint density at radius 3 is 2.76 bits per heavy atom. The number of rotatable bonds is 4. The summed E-state index contributed by atoms with van der Waals surface area (Å²) in [4.78, 5) is 14.9. The van der Waals surface area contributed by atoms with Gasteiger partial charge in [-0.15, -0.1) is 0 Å². The highest BCUT2D eigenvalue weighted by atomic mass is 127. The van der Waals surface area contributed by atoms with E-state index in [1.54, 1.807) is 6.07 Å². The van der Waals surface area contributed by atoms with Gasteiger partial charge in [-0.05, 0) is 28.7 Å². The SMILES string of the molecule is COC(=O)Cc1cc(I)c(CBr)c(C(F)F)n1. The molecule has 0 aliphatic carbocycles. The van der Waals surface area contributed by atoms with E-state index >= 15 is 0 Å². The third kappa shape index (κ3) is 3.84. The molecular weight excluding hydrogens is 411 g/mol. The van der Waals surface area contributed by atoms with E-state index in [1.165, 1.54) is 7.11 Å². The van der Waals surface area contributed by atoms with E-state index < -0.39 is 12.4 Å². The van der Waals surface area contributed by atoms with Gasteiger partial charge in [0.25, 0.3) is 6.43 Å². The fraction of sp³-hybridized carbons (Fsp3) is 0.400. The highest BCUT2D eigenvalue weighted by Gasteiger charge is 2.19. The quantitative estimate of drug-likeness (QED) is 0.427. The molecule has 0 aromatic carbocycles. The van der Waals surface area contributed by atoms with Crippen molar-refractivity contribution < 1.29 is 18.3 Å². The zero-order valence-electron chi connectivity index (χ0n) is 8.84. The van der Waals surface area contributed by atoms with Gasteiger partial charge < -0.3 is 4.74 Å². The predicted molar refractivity (Wildman–Crippen MR) is 70.3 cm³/mol. The highest BCUT2D eigenvalue weighted by Crippen LogP contribution is 2.27. The molecule has 17 heavy (non-hydrogen) atoms. The van der Waals surface area contributed by atoms with Crippen LogP contribution < -0.4 is 0 Å². The number of esters is 1. The van der Waals surface area contributed by atoms with Crippen molar-refractivity contribution in [1.29, 1.82) is 0 Å². The van der Waals surface area contributed by atoms with E-state index in [1.807, 2.05) is 22.6 Å². The summed E-state index contributed by atoms with van der Waals surface area (Å²) in [6, 6.07) is 1.61. The summed E-state index contributed by atoms with van der Waals surface area (Å²) >= 11 is 5.10. The van der Waals surface area contributed by atoms with Crippen molar-refractivity contribution in [3.63, 3.8) is 0 Å². The van der Waals surface area contributed by atoms with Crippen LogP contribution in [0, 0.1) is 3.57 Å². The Labute approximate surface area is 119 Å². The average molecular weight is 420 g/mol. The molecule has 0 spiro atoms. The second-order valence-electron chi connectivity index (χ2n) is 3.15. The monoisotopic (exact) mass is 419 g/mol. The van der Waals surface area contributed by atoms with Crippen molar-refractivity contribution in [2.75, 3.05) is 7.11 Å².